The Hall–Kier alpha value is -4.63. The maximum Gasteiger partial charge on any atom is 0.150 e. The van der Waals surface area contributed by atoms with Crippen molar-refractivity contribution in [2.75, 3.05) is 0 Å². The lowest BCUT2D eigenvalue weighted by molar-refractivity contribution is 0.112. The van der Waals surface area contributed by atoms with Gasteiger partial charge in [-0.1, -0.05) is 72.8 Å². The molecule has 0 spiro atoms. The minimum absolute atomic E-state index is 0.676. The number of hydrogen-bond acceptors (Lipinski definition) is 1. The van der Waals surface area contributed by atoms with Crippen molar-refractivity contribution in [1.29, 1.82) is 0 Å². The molecule has 7 rings (SSSR count). The molecule has 0 aliphatic heterocycles. The molecule has 0 radical (unpaired) electrons. The van der Waals surface area contributed by atoms with Crippen LogP contribution in [0, 0.1) is 0 Å². The Balaban J connectivity index is 1.76. The van der Waals surface area contributed by atoms with Gasteiger partial charge in [-0.25, -0.2) is 0 Å². The molecular weight excluding hydrogens is 416 g/mol. The first-order valence-electron chi connectivity index (χ1n) is 11.4. The Kier molecular flexibility index (Phi) is 4.00. The number of nitrogens with zero attached hydrogens (tertiary/aromatic N) is 2. The van der Waals surface area contributed by atoms with Gasteiger partial charge in [0, 0.05) is 38.5 Å². The van der Waals surface area contributed by atoms with Crippen LogP contribution in [0.2, 0.25) is 0 Å². The van der Waals surface area contributed by atoms with E-state index < -0.39 is 0 Å². The van der Waals surface area contributed by atoms with Crippen LogP contribution in [0.3, 0.4) is 0 Å². The molecule has 0 N–H and O–H groups in total. The number of para-hydroxylation sites is 3. The molecule has 0 saturated carbocycles. The average molecular weight is 437 g/mol. The van der Waals surface area contributed by atoms with Gasteiger partial charge in [0.15, 0.2) is 0 Å². The molecule has 7 aromatic rings. The highest BCUT2D eigenvalue weighted by atomic mass is 16.1. The van der Waals surface area contributed by atoms with Gasteiger partial charge in [0.25, 0.3) is 0 Å². The third kappa shape index (κ3) is 2.55. The topological polar surface area (TPSA) is 26.9 Å². The molecule has 0 saturated heterocycles. The summed E-state index contributed by atoms with van der Waals surface area (Å²) in [7, 11) is 0. The Labute approximate surface area is 196 Å². The molecule has 2 aromatic heterocycles. The smallest absolute Gasteiger partial charge is 0.150 e. The van der Waals surface area contributed by atoms with Crippen molar-refractivity contribution in [3.63, 3.8) is 0 Å². The van der Waals surface area contributed by atoms with Gasteiger partial charge >= 0.3 is 0 Å². The molecule has 5 aromatic carbocycles. The maximum atomic E-state index is 11.6. The second-order valence-electron chi connectivity index (χ2n) is 8.61. The Morgan fingerprint density at radius 3 is 1.88 bits per heavy atom. The highest BCUT2D eigenvalue weighted by molar-refractivity contribution is 6.26. The molecule has 3 nitrogen and oxygen atoms in total. The third-order valence-corrected chi connectivity index (χ3v) is 6.75. The molecule has 0 bridgehead atoms. The fourth-order valence-electron chi connectivity index (χ4n) is 5.35. The summed E-state index contributed by atoms with van der Waals surface area (Å²) in [4.78, 5) is 11.6. The first-order chi connectivity index (χ1) is 16.8. The van der Waals surface area contributed by atoms with Gasteiger partial charge in [-0.05, 0) is 42.5 Å². The van der Waals surface area contributed by atoms with Crippen LogP contribution in [0.4, 0.5) is 0 Å². The number of rotatable bonds is 3. The summed E-state index contributed by atoms with van der Waals surface area (Å²) in [5.74, 6) is 0. The highest BCUT2D eigenvalue weighted by Crippen LogP contribution is 2.41. The van der Waals surface area contributed by atoms with E-state index in [2.05, 4.69) is 100 Å². The van der Waals surface area contributed by atoms with E-state index in [9.17, 15) is 4.79 Å². The first-order valence-corrected chi connectivity index (χ1v) is 11.4. The van der Waals surface area contributed by atoms with E-state index in [0.29, 0.717) is 5.56 Å². The number of carbonyl (C=O) groups excluding carboxylic acids is 1. The molecule has 0 amide bonds. The second-order valence-corrected chi connectivity index (χ2v) is 8.61. The minimum Gasteiger partial charge on any atom is -0.309 e. The number of fused-ring (bicyclic) bond motifs is 7. The maximum absolute atomic E-state index is 11.6. The molecule has 0 fully saturated rings. The zero-order valence-electron chi connectivity index (χ0n) is 18.3. The lowest BCUT2D eigenvalue weighted by Crippen LogP contribution is -1.95. The lowest BCUT2D eigenvalue weighted by Gasteiger charge is -2.10. The predicted octanol–water partition coefficient (Wildman–Crippen LogP) is 7.69. The van der Waals surface area contributed by atoms with Crippen LogP contribution in [0.5, 0.6) is 0 Å². The predicted molar refractivity (Wildman–Crippen MR) is 141 cm³/mol. The van der Waals surface area contributed by atoms with Crippen LogP contribution in [-0.4, -0.2) is 15.4 Å². The summed E-state index contributed by atoms with van der Waals surface area (Å²) in [6, 6.07) is 39.9. The molecule has 34 heavy (non-hydrogen) atoms. The van der Waals surface area contributed by atoms with Crippen molar-refractivity contribution < 1.29 is 4.79 Å². The van der Waals surface area contributed by atoms with Gasteiger partial charge in [0.1, 0.15) is 6.29 Å². The van der Waals surface area contributed by atoms with E-state index in [1.54, 1.807) is 0 Å². The van der Waals surface area contributed by atoms with E-state index in [-0.39, 0.29) is 0 Å². The van der Waals surface area contributed by atoms with Gasteiger partial charge in [-0.2, -0.15) is 0 Å². The van der Waals surface area contributed by atoms with E-state index in [1.807, 2.05) is 24.3 Å². The quantitative estimate of drug-likeness (QED) is 0.261. The van der Waals surface area contributed by atoms with E-state index in [4.69, 9.17) is 0 Å². The molecule has 0 aliphatic rings. The molecule has 160 valence electrons. The van der Waals surface area contributed by atoms with E-state index in [0.717, 1.165) is 39.6 Å². The van der Waals surface area contributed by atoms with Crippen LogP contribution in [0.1, 0.15) is 10.4 Å². The van der Waals surface area contributed by atoms with Crippen molar-refractivity contribution in [1.82, 2.24) is 9.13 Å². The molecule has 3 heteroatoms. The van der Waals surface area contributed by atoms with Crippen LogP contribution < -0.4 is 0 Å². The zero-order chi connectivity index (χ0) is 22.6. The fraction of sp³-hybridized carbons (Fsp3) is 0. The van der Waals surface area contributed by atoms with Gasteiger partial charge in [0.05, 0.1) is 22.1 Å². The van der Waals surface area contributed by atoms with Gasteiger partial charge in [-0.3, -0.25) is 4.79 Å². The third-order valence-electron chi connectivity index (χ3n) is 6.75. The molecular formula is C31H20N2O. The SMILES string of the molecule is O=Cc1ccc2c3ccc4c(c5ccccc5n4-c4ccccc4)c3n(-c3ccccc3)c2c1. The Morgan fingerprint density at radius 2 is 1.15 bits per heavy atom. The lowest BCUT2D eigenvalue weighted by atomic mass is 10.1. The zero-order valence-corrected chi connectivity index (χ0v) is 18.3. The van der Waals surface area contributed by atoms with Crippen LogP contribution in [0.25, 0.3) is 55.0 Å². The van der Waals surface area contributed by atoms with Crippen LogP contribution >= 0.6 is 0 Å². The minimum atomic E-state index is 0.676. The number of carbonyl (C=O) groups is 1. The Morgan fingerprint density at radius 1 is 0.500 bits per heavy atom. The van der Waals surface area contributed by atoms with Crippen molar-refractivity contribution in [2.24, 2.45) is 0 Å². The highest BCUT2D eigenvalue weighted by Gasteiger charge is 2.20. The first kappa shape index (κ1) is 18.9. The van der Waals surface area contributed by atoms with Crippen molar-refractivity contribution >= 4 is 49.9 Å². The number of aldehydes is 1. The molecule has 0 atom stereocenters. The number of aromatic nitrogens is 2. The van der Waals surface area contributed by atoms with E-state index >= 15 is 0 Å². The monoisotopic (exact) mass is 436 g/mol. The largest absolute Gasteiger partial charge is 0.309 e. The van der Waals surface area contributed by atoms with Crippen molar-refractivity contribution in [3.8, 4) is 11.4 Å². The summed E-state index contributed by atoms with van der Waals surface area (Å²) in [6.07, 6.45) is 0.920. The standard InChI is InChI=1S/C31H20N2O/c34-20-21-15-16-24-25-17-18-28-30(31(25)33(29(24)19-21)23-11-5-2-6-12-23)26-13-7-8-14-27(26)32(28)22-9-3-1-4-10-22/h1-20H. The van der Waals surface area contributed by atoms with E-state index in [1.165, 1.54) is 21.7 Å². The normalized spacial score (nSPS) is 11.6. The molecule has 0 unspecified atom stereocenters. The van der Waals surface area contributed by atoms with Crippen molar-refractivity contribution in [3.05, 3.63) is 121 Å². The molecule has 0 aliphatic carbocycles. The van der Waals surface area contributed by atoms with Crippen molar-refractivity contribution in [2.45, 2.75) is 0 Å². The number of hydrogen-bond donors (Lipinski definition) is 0. The van der Waals surface area contributed by atoms with Gasteiger partial charge in [-0.15, -0.1) is 0 Å². The van der Waals surface area contributed by atoms with Gasteiger partial charge in [0.2, 0.25) is 0 Å². The molecule has 2 heterocycles. The van der Waals surface area contributed by atoms with Crippen LogP contribution in [0.15, 0.2) is 115 Å². The fourth-order valence-corrected chi connectivity index (χ4v) is 5.35. The summed E-state index contributed by atoms with van der Waals surface area (Å²) in [6.45, 7) is 0. The average Bonchev–Trinajstić information content (AvgIpc) is 3.42. The van der Waals surface area contributed by atoms with Gasteiger partial charge < -0.3 is 9.13 Å². The summed E-state index contributed by atoms with van der Waals surface area (Å²) in [5, 5.41) is 4.75. The second kappa shape index (κ2) is 7.19. The Bertz CT molecular complexity index is 1860. The summed E-state index contributed by atoms with van der Waals surface area (Å²) < 4.78 is 4.65. The number of benzene rings is 5. The van der Waals surface area contributed by atoms with Crippen LogP contribution in [-0.2, 0) is 0 Å². The summed E-state index contributed by atoms with van der Waals surface area (Å²) in [5.41, 5.74) is 7.43. The summed E-state index contributed by atoms with van der Waals surface area (Å²) >= 11 is 0.